The fourth-order valence-electron chi connectivity index (χ4n) is 12.1. The third kappa shape index (κ3) is 6.17. The van der Waals surface area contributed by atoms with E-state index < -0.39 is 0 Å². The van der Waals surface area contributed by atoms with Gasteiger partial charge in [0.2, 0.25) is 0 Å². The molecule has 1 aromatic heterocycles. The molecule has 2 aliphatic carbocycles. The molecule has 64 heavy (non-hydrogen) atoms. The molecule has 0 saturated carbocycles. The number of hydrogen-bond donors (Lipinski definition) is 0. The molecule has 11 rings (SSSR count). The van der Waals surface area contributed by atoms with E-state index in [4.69, 9.17) is 0 Å². The van der Waals surface area contributed by atoms with Gasteiger partial charge in [-0.3, -0.25) is 0 Å². The van der Waals surface area contributed by atoms with Gasteiger partial charge in [-0.2, -0.15) is 0 Å². The van der Waals surface area contributed by atoms with E-state index in [1.165, 1.54) is 130 Å². The van der Waals surface area contributed by atoms with Crippen LogP contribution in [0.15, 0.2) is 115 Å². The predicted molar refractivity (Wildman–Crippen MR) is 280 cm³/mol. The first-order chi connectivity index (χ1) is 30.5. The normalized spacial score (nSPS) is 18.8. The number of hydrogen-bond acceptors (Lipinski definition) is 3. The number of aryl methyl sites for hydroxylation is 1. The van der Waals surface area contributed by atoms with E-state index in [0.29, 0.717) is 5.92 Å². The maximum absolute atomic E-state index is 2.71. The zero-order chi connectivity index (χ0) is 44.7. The Morgan fingerprint density at radius 3 is 1.77 bits per heavy atom. The average molecular weight is 857 g/mol. The molecule has 2 nitrogen and oxygen atoms in total. The maximum Gasteiger partial charge on any atom is 0.264 e. The number of benzene rings is 6. The van der Waals surface area contributed by atoms with Crippen LogP contribution < -0.4 is 25.5 Å². The van der Waals surface area contributed by atoms with E-state index >= 15 is 0 Å². The highest BCUT2D eigenvalue weighted by Gasteiger charge is 2.49. The monoisotopic (exact) mass is 856 g/mol. The van der Waals surface area contributed by atoms with Gasteiger partial charge in [-0.05, 0) is 165 Å². The Morgan fingerprint density at radius 2 is 1.14 bits per heavy atom. The van der Waals surface area contributed by atoms with Crippen molar-refractivity contribution < 1.29 is 0 Å². The van der Waals surface area contributed by atoms with E-state index in [1.54, 1.807) is 0 Å². The zero-order valence-corrected chi connectivity index (χ0v) is 41.0. The van der Waals surface area contributed by atoms with Crippen molar-refractivity contribution in [3.05, 3.63) is 149 Å². The molecule has 0 fully saturated rings. The number of anilines is 6. The number of nitrogens with zero attached hydrogens (tertiary/aromatic N) is 2. The van der Waals surface area contributed by atoms with Gasteiger partial charge in [0, 0.05) is 43.2 Å². The molecule has 4 aliphatic rings. The van der Waals surface area contributed by atoms with Gasteiger partial charge in [0.05, 0.1) is 11.4 Å². The van der Waals surface area contributed by atoms with E-state index in [0.717, 1.165) is 12.8 Å². The maximum atomic E-state index is 2.71. The highest BCUT2D eigenvalue weighted by atomic mass is 32.1. The summed E-state index contributed by atoms with van der Waals surface area (Å²) in [6.07, 6.45) is 6.85. The third-order valence-electron chi connectivity index (χ3n) is 16.6. The number of rotatable bonds is 6. The van der Waals surface area contributed by atoms with Gasteiger partial charge < -0.3 is 9.80 Å². The van der Waals surface area contributed by atoms with Crippen molar-refractivity contribution in [2.45, 2.75) is 142 Å². The second kappa shape index (κ2) is 14.5. The van der Waals surface area contributed by atoms with Crippen molar-refractivity contribution in [3.63, 3.8) is 0 Å². The molecule has 4 heteroatoms. The highest BCUT2D eigenvalue weighted by molar-refractivity contribution is 7.33. The lowest BCUT2D eigenvalue weighted by Crippen LogP contribution is -2.61. The Hall–Kier alpha value is -5.06. The summed E-state index contributed by atoms with van der Waals surface area (Å²) in [5.41, 5.74) is 22.4. The topological polar surface area (TPSA) is 6.48 Å². The first-order valence-electron chi connectivity index (χ1n) is 24.3. The zero-order valence-electron chi connectivity index (χ0n) is 40.2. The van der Waals surface area contributed by atoms with Crippen LogP contribution in [-0.4, -0.2) is 6.71 Å². The van der Waals surface area contributed by atoms with Crippen molar-refractivity contribution in [1.82, 2.24) is 0 Å². The van der Waals surface area contributed by atoms with Gasteiger partial charge in [0.1, 0.15) is 0 Å². The van der Waals surface area contributed by atoms with Gasteiger partial charge in [-0.15, -0.1) is 11.3 Å². The molecular formula is C60H65BN2S. The van der Waals surface area contributed by atoms with Crippen LogP contribution in [0.5, 0.6) is 0 Å². The molecular weight excluding hydrogens is 792 g/mol. The molecule has 0 N–H and O–H groups in total. The molecule has 0 bridgehead atoms. The summed E-state index contributed by atoms with van der Waals surface area (Å²) in [6, 6.07) is 45.6. The van der Waals surface area contributed by atoms with Crippen LogP contribution in [0.1, 0.15) is 148 Å². The second-order valence-electron chi connectivity index (χ2n) is 22.5. The molecule has 0 radical (unpaired) electrons. The number of para-hydroxylation sites is 1. The number of thiophene rings is 1. The van der Waals surface area contributed by atoms with Crippen LogP contribution >= 0.6 is 11.3 Å². The van der Waals surface area contributed by atoms with Crippen LogP contribution in [0.2, 0.25) is 0 Å². The summed E-state index contributed by atoms with van der Waals surface area (Å²) in [5.74, 6) is 0.514. The van der Waals surface area contributed by atoms with Crippen molar-refractivity contribution in [2.24, 2.45) is 0 Å². The van der Waals surface area contributed by atoms with Gasteiger partial charge in [0.15, 0.2) is 0 Å². The Morgan fingerprint density at radius 1 is 0.578 bits per heavy atom. The van der Waals surface area contributed by atoms with E-state index in [-0.39, 0.29) is 28.4 Å². The summed E-state index contributed by atoms with van der Waals surface area (Å²) in [7, 11) is 0. The molecule has 7 aromatic rings. The molecule has 3 heterocycles. The van der Waals surface area contributed by atoms with Crippen LogP contribution in [0.3, 0.4) is 0 Å². The summed E-state index contributed by atoms with van der Waals surface area (Å²) in [6.45, 7) is 27.0. The van der Waals surface area contributed by atoms with Crippen molar-refractivity contribution in [1.29, 1.82) is 0 Å². The highest BCUT2D eigenvalue weighted by Crippen LogP contribution is 2.55. The van der Waals surface area contributed by atoms with Gasteiger partial charge in [-0.1, -0.05) is 143 Å². The molecule has 0 spiro atoms. The minimum Gasteiger partial charge on any atom is -0.311 e. The van der Waals surface area contributed by atoms with Crippen molar-refractivity contribution in [2.75, 3.05) is 9.80 Å². The quantitative estimate of drug-likeness (QED) is 0.154. The molecule has 2 aliphatic heterocycles. The molecule has 1 unspecified atom stereocenters. The smallest absolute Gasteiger partial charge is 0.264 e. The van der Waals surface area contributed by atoms with Crippen LogP contribution in [0.4, 0.5) is 34.1 Å². The Kier molecular flexibility index (Phi) is 9.42. The summed E-state index contributed by atoms with van der Waals surface area (Å²) >= 11 is 2.07. The van der Waals surface area contributed by atoms with Crippen molar-refractivity contribution >= 4 is 78.0 Å². The van der Waals surface area contributed by atoms with Crippen LogP contribution in [0.25, 0.3) is 21.2 Å². The van der Waals surface area contributed by atoms with Crippen molar-refractivity contribution in [3.8, 4) is 11.1 Å². The SMILES string of the molecule is CCc1cc2c3c(c1)N(c1ccc(C(C)CC)cc1)c1c(sc4cc5c(cc14)C(C)(C)CCC5(C)C)B3c1cc3c(cc1N2c1ccccc1-c1ccccc1)C(C)(C)CCC3(C)C. The van der Waals surface area contributed by atoms with Gasteiger partial charge in [-0.25, -0.2) is 0 Å². The molecule has 324 valence electrons. The molecule has 0 amide bonds. The molecule has 0 saturated heterocycles. The fourth-order valence-corrected chi connectivity index (χ4v) is 13.4. The largest absolute Gasteiger partial charge is 0.311 e. The lowest BCUT2D eigenvalue weighted by Gasteiger charge is -2.47. The lowest BCUT2D eigenvalue weighted by atomic mass is 9.35. The summed E-state index contributed by atoms with van der Waals surface area (Å²) in [5, 5.41) is 1.41. The summed E-state index contributed by atoms with van der Waals surface area (Å²) in [4.78, 5) is 5.39. The van der Waals surface area contributed by atoms with E-state index in [1.807, 2.05) is 0 Å². The standard InChI is InChI=1S/C60H65BN2S/c1-12-37(3)39-23-25-41(26-24-39)62-51-31-38(13-2)32-52-54(51)61(56-55(62)43-33-44-47(36-53(43)64-56)60(10,11)30-27-57(44,4)5)48-34-45-46(59(8,9)29-28-58(45,6)7)35-50(48)63(52)49-22-18-17-21-42(49)40-19-15-14-16-20-40/h14-26,31-37H,12-13,27-30H2,1-11H3. The van der Waals surface area contributed by atoms with Gasteiger partial charge >= 0.3 is 0 Å². The Balaban J connectivity index is 1.29. The Bertz CT molecular complexity index is 3000. The third-order valence-corrected chi connectivity index (χ3v) is 17.8. The predicted octanol–water partition coefficient (Wildman–Crippen LogP) is 15.4. The fraction of sp³-hybridized carbons (Fsp3) is 0.367. The lowest BCUT2D eigenvalue weighted by molar-refractivity contribution is 0.332. The van der Waals surface area contributed by atoms with Crippen LogP contribution in [-0.2, 0) is 28.1 Å². The van der Waals surface area contributed by atoms with Crippen LogP contribution in [0, 0.1) is 0 Å². The second-order valence-corrected chi connectivity index (χ2v) is 23.6. The first-order valence-corrected chi connectivity index (χ1v) is 25.2. The minimum atomic E-state index is 0.0630. The number of fused-ring (bicyclic) bond motifs is 8. The van der Waals surface area contributed by atoms with E-state index in [9.17, 15) is 0 Å². The average Bonchev–Trinajstić information content (AvgIpc) is 3.67. The van der Waals surface area contributed by atoms with E-state index in [2.05, 4.69) is 213 Å². The van der Waals surface area contributed by atoms with Gasteiger partial charge in [0.25, 0.3) is 6.71 Å². The minimum absolute atomic E-state index is 0.0630. The molecule has 6 aromatic carbocycles. The Labute approximate surface area is 387 Å². The molecule has 1 atom stereocenters. The summed E-state index contributed by atoms with van der Waals surface area (Å²) < 4.78 is 2.89. The first kappa shape index (κ1) is 41.6.